The molecule has 2 aliphatic rings. The van der Waals surface area contributed by atoms with Gasteiger partial charge in [0.05, 0.1) is 18.1 Å². The summed E-state index contributed by atoms with van der Waals surface area (Å²) in [5, 5.41) is 0. The molecule has 2 aliphatic heterocycles. The summed E-state index contributed by atoms with van der Waals surface area (Å²) >= 11 is 0. The van der Waals surface area contributed by atoms with E-state index in [1.54, 1.807) is 30.1 Å². The number of amides is 1. The highest BCUT2D eigenvalue weighted by molar-refractivity contribution is 7.89. The molecule has 4 rings (SSSR count). The van der Waals surface area contributed by atoms with Gasteiger partial charge in [0.25, 0.3) is 0 Å². The summed E-state index contributed by atoms with van der Waals surface area (Å²) in [6.45, 7) is 2.26. The van der Waals surface area contributed by atoms with Gasteiger partial charge < -0.3 is 14.4 Å². The lowest BCUT2D eigenvalue weighted by molar-refractivity contribution is -0.135. The zero-order valence-corrected chi connectivity index (χ0v) is 18.5. The van der Waals surface area contributed by atoms with Crippen LogP contribution < -0.4 is 9.47 Å². The van der Waals surface area contributed by atoms with Gasteiger partial charge in [0, 0.05) is 45.1 Å². The number of carbonyl (C=O) groups is 1. The van der Waals surface area contributed by atoms with Crippen molar-refractivity contribution in [1.29, 1.82) is 0 Å². The average molecular weight is 445 g/mol. The molecule has 31 heavy (non-hydrogen) atoms. The van der Waals surface area contributed by atoms with Crippen LogP contribution in [0.2, 0.25) is 0 Å². The maximum Gasteiger partial charge on any atom is 0.243 e. The first-order chi connectivity index (χ1) is 14.9. The highest BCUT2D eigenvalue weighted by atomic mass is 32.2. The Morgan fingerprint density at radius 2 is 1.71 bits per heavy atom. The Morgan fingerprint density at radius 1 is 1.03 bits per heavy atom. The van der Waals surface area contributed by atoms with Crippen molar-refractivity contribution in [2.75, 3.05) is 33.4 Å². The van der Waals surface area contributed by atoms with E-state index in [4.69, 9.17) is 9.47 Å². The molecule has 0 saturated carbocycles. The molecule has 2 aromatic carbocycles. The van der Waals surface area contributed by atoms with Crippen LogP contribution in [-0.2, 0) is 21.4 Å². The zero-order chi connectivity index (χ0) is 21.8. The molecular weight excluding hydrogens is 416 g/mol. The first kappa shape index (κ1) is 21.6. The predicted octanol–water partition coefficient (Wildman–Crippen LogP) is 2.91. The standard InChI is InChI=1S/C23H28N2O5S/c1-24(17-18-6-3-2-4-7-18)23(26)19-10-12-25(13-11-19)31(27,28)20-8-9-21-22(16-20)30-15-5-14-29-21/h2-4,6-9,16,19H,5,10-15,17H2,1H3. The number of carbonyl (C=O) groups excluding carboxylic acids is 1. The summed E-state index contributed by atoms with van der Waals surface area (Å²) in [5.74, 6) is 0.939. The minimum absolute atomic E-state index is 0.0662. The number of ether oxygens (including phenoxy) is 2. The summed E-state index contributed by atoms with van der Waals surface area (Å²) in [6, 6.07) is 14.6. The summed E-state index contributed by atoms with van der Waals surface area (Å²) in [4.78, 5) is 14.8. The van der Waals surface area contributed by atoms with Crippen molar-refractivity contribution < 1.29 is 22.7 Å². The number of sulfonamides is 1. The topological polar surface area (TPSA) is 76.2 Å². The fourth-order valence-electron chi connectivity index (χ4n) is 4.04. The fraction of sp³-hybridized carbons (Fsp3) is 0.435. The van der Waals surface area contributed by atoms with E-state index in [1.807, 2.05) is 30.3 Å². The van der Waals surface area contributed by atoms with Crippen molar-refractivity contribution in [1.82, 2.24) is 9.21 Å². The molecular formula is C23H28N2O5S. The van der Waals surface area contributed by atoms with E-state index in [-0.39, 0.29) is 16.7 Å². The van der Waals surface area contributed by atoms with E-state index < -0.39 is 10.0 Å². The molecule has 0 radical (unpaired) electrons. The molecule has 1 amide bonds. The zero-order valence-electron chi connectivity index (χ0n) is 17.7. The molecule has 166 valence electrons. The number of hydrogen-bond donors (Lipinski definition) is 0. The SMILES string of the molecule is CN(Cc1ccccc1)C(=O)C1CCN(S(=O)(=O)c2ccc3c(c2)OCCCO3)CC1. The molecule has 0 bridgehead atoms. The van der Waals surface area contributed by atoms with Crippen LogP contribution in [0.3, 0.4) is 0 Å². The molecule has 0 unspecified atom stereocenters. The number of fused-ring (bicyclic) bond motifs is 1. The monoisotopic (exact) mass is 444 g/mol. The van der Waals surface area contributed by atoms with E-state index in [1.165, 1.54) is 4.31 Å². The van der Waals surface area contributed by atoms with Gasteiger partial charge in [0.2, 0.25) is 15.9 Å². The number of benzene rings is 2. The van der Waals surface area contributed by atoms with Gasteiger partial charge in [-0.1, -0.05) is 30.3 Å². The molecule has 1 saturated heterocycles. The molecule has 8 heteroatoms. The lowest BCUT2D eigenvalue weighted by Gasteiger charge is -2.32. The molecule has 0 spiro atoms. The van der Waals surface area contributed by atoms with E-state index in [2.05, 4.69) is 0 Å². The number of hydrogen-bond acceptors (Lipinski definition) is 5. The van der Waals surface area contributed by atoms with Gasteiger partial charge in [-0.15, -0.1) is 0 Å². The van der Waals surface area contributed by atoms with Gasteiger partial charge in [-0.3, -0.25) is 4.79 Å². The quantitative estimate of drug-likeness (QED) is 0.709. The van der Waals surface area contributed by atoms with Crippen LogP contribution in [0, 0.1) is 5.92 Å². The minimum Gasteiger partial charge on any atom is -0.490 e. The normalized spacial score (nSPS) is 17.7. The summed E-state index contributed by atoms with van der Waals surface area (Å²) in [6.07, 6.45) is 1.79. The number of piperidine rings is 1. The van der Waals surface area contributed by atoms with Gasteiger partial charge in [-0.2, -0.15) is 4.31 Å². The van der Waals surface area contributed by atoms with Crippen LogP contribution >= 0.6 is 0 Å². The van der Waals surface area contributed by atoms with E-state index >= 15 is 0 Å². The maximum absolute atomic E-state index is 13.1. The van der Waals surface area contributed by atoms with Crippen LogP contribution in [0.5, 0.6) is 11.5 Å². The molecule has 1 fully saturated rings. The van der Waals surface area contributed by atoms with Gasteiger partial charge in [0.1, 0.15) is 0 Å². The van der Waals surface area contributed by atoms with Crippen molar-refractivity contribution in [2.24, 2.45) is 5.92 Å². The number of rotatable bonds is 5. The Hall–Kier alpha value is -2.58. The average Bonchev–Trinajstić information content (AvgIpc) is 3.04. The van der Waals surface area contributed by atoms with Crippen molar-refractivity contribution in [2.45, 2.75) is 30.7 Å². The first-order valence-corrected chi connectivity index (χ1v) is 12.1. The van der Waals surface area contributed by atoms with Crippen LogP contribution in [-0.4, -0.2) is 56.9 Å². The second kappa shape index (κ2) is 9.28. The van der Waals surface area contributed by atoms with Crippen molar-refractivity contribution in [3.8, 4) is 11.5 Å². The molecule has 2 aromatic rings. The van der Waals surface area contributed by atoms with E-state index in [9.17, 15) is 13.2 Å². The third-order valence-electron chi connectivity index (χ3n) is 5.80. The Labute approximate surface area is 183 Å². The second-order valence-electron chi connectivity index (χ2n) is 8.02. The highest BCUT2D eigenvalue weighted by Crippen LogP contribution is 2.34. The lowest BCUT2D eigenvalue weighted by atomic mass is 9.96. The van der Waals surface area contributed by atoms with Crippen LogP contribution in [0.1, 0.15) is 24.8 Å². The molecule has 0 aliphatic carbocycles. The number of nitrogens with zero attached hydrogens (tertiary/aromatic N) is 2. The predicted molar refractivity (Wildman–Crippen MR) is 116 cm³/mol. The Bertz CT molecular complexity index is 1020. The van der Waals surface area contributed by atoms with E-state index in [0.717, 1.165) is 12.0 Å². The third kappa shape index (κ3) is 4.85. The molecule has 0 N–H and O–H groups in total. The first-order valence-electron chi connectivity index (χ1n) is 10.6. The molecule has 0 aromatic heterocycles. The van der Waals surface area contributed by atoms with E-state index in [0.29, 0.717) is 57.2 Å². The Balaban J connectivity index is 1.38. The summed E-state index contributed by atoms with van der Waals surface area (Å²) < 4.78 is 39.0. The molecule has 7 nitrogen and oxygen atoms in total. The van der Waals surface area contributed by atoms with Gasteiger partial charge in [-0.25, -0.2) is 8.42 Å². The van der Waals surface area contributed by atoms with Gasteiger partial charge in [0.15, 0.2) is 11.5 Å². The van der Waals surface area contributed by atoms with Crippen LogP contribution in [0.15, 0.2) is 53.4 Å². The van der Waals surface area contributed by atoms with Crippen molar-refractivity contribution >= 4 is 15.9 Å². The van der Waals surface area contributed by atoms with Gasteiger partial charge in [-0.05, 0) is 30.5 Å². The minimum atomic E-state index is -3.65. The van der Waals surface area contributed by atoms with Crippen molar-refractivity contribution in [3.63, 3.8) is 0 Å². The maximum atomic E-state index is 13.1. The third-order valence-corrected chi connectivity index (χ3v) is 7.69. The van der Waals surface area contributed by atoms with Crippen LogP contribution in [0.4, 0.5) is 0 Å². The fourth-order valence-corrected chi connectivity index (χ4v) is 5.53. The Morgan fingerprint density at radius 3 is 2.42 bits per heavy atom. The molecule has 2 heterocycles. The Kier molecular flexibility index (Phi) is 6.48. The van der Waals surface area contributed by atoms with Crippen molar-refractivity contribution in [3.05, 3.63) is 54.1 Å². The van der Waals surface area contributed by atoms with Gasteiger partial charge >= 0.3 is 0 Å². The highest BCUT2D eigenvalue weighted by Gasteiger charge is 2.33. The van der Waals surface area contributed by atoms with Crippen LogP contribution in [0.25, 0.3) is 0 Å². The lowest BCUT2D eigenvalue weighted by Crippen LogP contribution is -2.43. The summed E-state index contributed by atoms with van der Waals surface area (Å²) in [5.41, 5.74) is 1.08. The largest absolute Gasteiger partial charge is 0.490 e. The summed E-state index contributed by atoms with van der Waals surface area (Å²) in [7, 11) is -1.85. The smallest absolute Gasteiger partial charge is 0.243 e. The second-order valence-corrected chi connectivity index (χ2v) is 9.96. The molecule has 0 atom stereocenters.